The van der Waals surface area contributed by atoms with Gasteiger partial charge in [0, 0.05) is 6.42 Å². The summed E-state index contributed by atoms with van der Waals surface area (Å²) in [6.07, 6.45) is 40.7. The molecule has 3 rings (SSSR count). The summed E-state index contributed by atoms with van der Waals surface area (Å²) in [5.74, 6) is -0.278. The van der Waals surface area contributed by atoms with Crippen molar-refractivity contribution in [3.05, 3.63) is 48.6 Å². The molecule has 3 aliphatic rings. The van der Waals surface area contributed by atoms with E-state index in [2.05, 4.69) is 55.6 Å². The van der Waals surface area contributed by atoms with Crippen LogP contribution in [0.25, 0.3) is 0 Å². The van der Waals surface area contributed by atoms with Crippen LogP contribution in [0.15, 0.2) is 48.6 Å². The summed E-state index contributed by atoms with van der Waals surface area (Å²) in [6.45, 7) is 1.63. The van der Waals surface area contributed by atoms with Crippen molar-refractivity contribution < 1.29 is 89.4 Å². The predicted molar refractivity (Wildman–Crippen MR) is 360 cm³/mol. The average molecular weight is 1310 g/mol. The number of ether oxygens (including phenoxy) is 6. The molecule has 12 N–H and O–H groups in total. The molecule has 0 aromatic rings. The second-order valence-corrected chi connectivity index (χ2v) is 26.4. The van der Waals surface area contributed by atoms with Gasteiger partial charge in [0.15, 0.2) is 18.9 Å². The normalized spacial score (nSPS) is 27.9. The number of amides is 1. The maximum atomic E-state index is 13.3. The van der Waals surface area contributed by atoms with Crippen molar-refractivity contribution in [3.63, 3.8) is 0 Å². The topological polar surface area (TPSA) is 307 Å². The molecule has 538 valence electrons. The standard InChI is InChI=1S/C73H133NO18/c1-3-5-7-9-11-12-13-14-15-16-17-18-19-20-21-22-23-24-25-26-27-28-29-30-31-32-33-34-35-36-37-38-39-40-41-42-43-44-45-47-49-51-61(79)74-56(57(78)50-48-46-10-8-6-4-2)55-87-71-67(85)64(82)69(59(53-76)89-71)92-73-68(86)65(83)70(60(54-77)90-73)91-72-66(84)63(81)62(80)58(52-75)88-72/h13-14,16-17,19-20,48,50,56-60,62-73,75-78,80-86H,3-12,15,18,21-47,49,51-55H2,1-2H3,(H,74,79)/b14-13-,17-16-,20-19-,50-48+. The number of hydrogen-bond acceptors (Lipinski definition) is 18. The maximum absolute atomic E-state index is 13.3. The summed E-state index contributed by atoms with van der Waals surface area (Å²) in [5, 5.41) is 120. The van der Waals surface area contributed by atoms with Crippen molar-refractivity contribution in [3.8, 4) is 0 Å². The molecule has 3 fully saturated rings. The Morgan fingerprint density at radius 1 is 0.391 bits per heavy atom. The van der Waals surface area contributed by atoms with Gasteiger partial charge in [-0.1, -0.05) is 262 Å². The number of allylic oxidation sites excluding steroid dienone is 7. The molecule has 17 unspecified atom stereocenters. The van der Waals surface area contributed by atoms with Gasteiger partial charge in [-0.2, -0.15) is 0 Å². The zero-order chi connectivity index (χ0) is 66.8. The highest BCUT2D eigenvalue weighted by Crippen LogP contribution is 2.33. The van der Waals surface area contributed by atoms with Gasteiger partial charge in [0.1, 0.15) is 73.2 Å². The van der Waals surface area contributed by atoms with Crippen LogP contribution < -0.4 is 5.32 Å². The third-order valence-electron chi connectivity index (χ3n) is 18.4. The Labute approximate surface area is 554 Å². The van der Waals surface area contributed by atoms with E-state index in [-0.39, 0.29) is 18.9 Å². The zero-order valence-electron chi connectivity index (χ0n) is 57.0. The van der Waals surface area contributed by atoms with Crippen LogP contribution in [0.3, 0.4) is 0 Å². The third kappa shape index (κ3) is 35.8. The van der Waals surface area contributed by atoms with E-state index in [1.54, 1.807) is 6.08 Å². The Balaban J connectivity index is 1.21. The van der Waals surface area contributed by atoms with E-state index in [0.29, 0.717) is 6.42 Å². The molecule has 3 saturated heterocycles. The Hall–Kier alpha value is -2.25. The molecule has 3 heterocycles. The molecule has 0 spiro atoms. The summed E-state index contributed by atoms with van der Waals surface area (Å²) in [6, 6.07) is -0.968. The monoisotopic (exact) mass is 1310 g/mol. The first-order valence-electron chi connectivity index (χ1n) is 36.9. The molecule has 0 aromatic carbocycles. The van der Waals surface area contributed by atoms with Crippen LogP contribution in [0, 0.1) is 0 Å². The van der Waals surface area contributed by atoms with Gasteiger partial charge in [-0.25, -0.2) is 0 Å². The number of nitrogens with one attached hydrogen (secondary N) is 1. The molecule has 0 aliphatic carbocycles. The SMILES string of the molecule is CCCCCC/C=C/C(O)C(COC1OC(CO)C(OC2OC(CO)C(OC3OC(CO)C(O)C(O)C3O)C(O)C2O)C(O)C1O)NC(=O)CCCCCCCCCCCCCCCCCCCCCCCCCCCC/C=C\C/C=C\C/C=C\CCCCCCC. The molecule has 0 aromatic heterocycles. The third-order valence-corrected chi connectivity index (χ3v) is 18.4. The minimum absolute atomic E-state index is 0.245. The highest BCUT2D eigenvalue weighted by atomic mass is 16.8. The van der Waals surface area contributed by atoms with Crippen LogP contribution in [0.1, 0.15) is 277 Å². The smallest absolute Gasteiger partial charge is 0.220 e. The Kier molecular flexibility index (Phi) is 50.0. The molecule has 1 amide bonds. The zero-order valence-corrected chi connectivity index (χ0v) is 57.0. The van der Waals surface area contributed by atoms with Crippen molar-refractivity contribution in [2.45, 2.75) is 381 Å². The minimum atomic E-state index is -1.98. The van der Waals surface area contributed by atoms with E-state index in [0.717, 1.165) is 64.2 Å². The highest BCUT2D eigenvalue weighted by Gasteiger charge is 2.53. The predicted octanol–water partition coefficient (Wildman–Crippen LogP) is 10.6. The maximum Gasteiger partial charge on any atom is 0.220 e. The van der Waals surface area contributed by atoms with E-state index in [9.17, 15) is 61.0 Å². The first-order chi connectivity index (χ1) is 44.8. The Morgan fingerprint density at radius 3 is 1.13 bits per heavy atom. The Morgan fingerprint density at radius 2 is 0.717 bits per heavy atom. The highest BCUT2D eigenvalue weighted by molar-refractivity contribution is 5.76. The van der Waals surface area contributed by atoms with Crippen molar-refractivity contribution in [1.29, 1.82) is 0 Å². The van der Waals surface area contributed by atoms with Gasteiger partial charge in [-0.3, -0.25) is 4.79 Å². The minimum Gasteiger partial charge on any atom is -0.394 e. The summed E-state index contributed by atoms with van der Waals surface area (Å²) in [4.78, 5) is 13.3. The largest absolute Gasteiger partial charge is 0.394 e. The molecular formula is C73H133NO18. The molecule has 19 heteroatoms. The van der Waals surface area contributed by atoms with Gasteiger partial charge in [0.25, 0.3) is 0 Å². The van der Waals surface area contributed by atoms with E-state index in [1.165, 1.54) is 186 Å². The molecule has 0 radical (unpaired) electrons. The molecule has 92 heavy (non-hydrogen) atoms. The first kappa shape index (κ1) is 84.0. The van der Waals surface area contributed by atoms with Crippen molar-refractivity contribution >= 4 is 5.91 Å². The number of rotatable bonds is 57. The summed E-state index contributed by atoms with van der Waals surface area (Å²) in [5.41, 5.74) is 0. The number of carbonyl (C=O) groups is 1. The van der Waals surface area contributed by atoms with Crippen LogP contribution in [0.4, 0.5) is 0 Å². The van der Waals surface area contributed by atoms with Gasteiger partial charge in [0.2, 0.25) is 5.91 Å². The summed E-state index contributed by atoms with van der Waals surface area (Å²) < 4.78 is 34.2. The molecule has 3 aliphatic heterocycles. The van der Waals surface area contributed by atoms with E-state index < -0.39 is 124 Å². The van der Waals surface area contributed by atoms with Gasteiger partial charge in [-0.05, 0) is 57.8 Å². The lowest BCUT2D eigenvalue weighted by molar-refractivity contribution is -0.379. The Bertz CT molecular complexity index is 1860. The van der Waals surface area contributed by atoms with E-state index in [4.69, 9.17) is 28.4 Å². The van der Waals surface area contributed by atoms with Crippen LogP contribution in [-0.4, -0.2) is 193 Å². The van der Waals surface area contributed by atoms with Crippen LogP contribution >= 0.6 is 0 Å². The van der Waals surface area contributed by atoms with E-state index >= 15 is 0 Å². The molecule has 19 nitrogen and oxygen atoms in total. The second kappa shape index (κ2) is 54.7. The summed E-state index contributed by atoms with van der Waals surface area (Å²) >= 11 is 0. The van der Waals surface area contributed by atoms with Gasteiger partial charge >= 0.3 is 0 Å². The fourth-order valence-electron chi connectivity index (χ4n) is 12.4. The average Bonchev–Trinajstić information content (AvgIpc) is 0.844. The number of carbonyl (C=O) groups excluding carboxylic acids is 1. The van der Waals surface area contributed by atoms with E-state index in [1.807, 2.05) is 6.08 Å². The quantitative estimate of drug-likeness (QED) is 0.0199. The van der Waals surface area contributed by atoms with Gasteiger partial charge in [-0.15, -0.1) is 0 Å². The van der Waals surface area contributed by atoms with Crippen molar-refractivity contribution in [2.24, 2.45) is 0 Å². The fraction of sp³-hybridized carbons (Fsp3) is 0.877. The number of hydrogen-bond donors (Lipinski definition) is 12. The lowest BCUT2D eigenvalue weighted by atomic mass is 9.96. The molecule has 0 bridgehead atoms. The molecular weight excluding hydrogens is 1180 g/mol. The molecule has 0 saturated carbocycles. The lowest BCUT2D eigenvalue weighted by Gasteiger charge is -2.48. The van der Waals surface area contributed by atoms with Gasteiger partial charge < -0.3 is 89.9 Å². The van der Waals surface area contributed by atoms with Crippen LogP contribution in [0.5, 0.6) is 0 Å². The van der Waals surface area contributed by atoms with Gasteiger partial charge in [0.05, 0.1) is 38.6 Å². The summed E-state index contributed by atoms with van der Waals surface area (Å²) in [7, 11) is 0. The number of unbranched alkanes of at least 4 members (excludes halogenated alkanes) is 35. The second-order valence-electron chi connectivity index (χ2n) is 26.4. The van der Waals surface area contributed by atoms with Crippen LogP contribution in [0.2, 0.25) is 0 Å². The number of aliphatic hydroxyl groups excluding tert-OH is 11. The first-order valence-corrected chi connectivity index (χ1v) is 36.9. The van der Waals surface area contributed by atoms with Crippen LogP contribution in [-0.2, 0) is 33.2 Å². The number of aliphatic hydroxyl groups is 11. The fourth-order valence-corrected chi connectivity index (χ4v) is 12.4. The van der Waals surface area contributed by atoms with Crippen molar-refractivity contribution in [2.75, 3.05) is 26.4 Å². The van der Waals surface area contributed by atoms with Crippen molar-refractivity contribution in [1.82, 2.24) is 5.32 Å². The lowest BCUT2D eigenvalue weighted by Crippen LogP contribution is -2.66. The molecule has 17 atom stereocenters.